The number of carbonyl (C=O) groups excluding carboxylic acids is 1. The zero-order valence-electron chi connectivity index (χ0n) is 8.32. The molecule has 0 aromatic heterocycles. The Labute approximate surface area is 84.0 Å². The summed E-state index contributed by atoms with van der Waals surface area (Å²) in [5, 5.41) is 0.441. The molecule has 0 spiro atoms. The van der Waals surface area contributed by atoms with Crippen LogP contribution < -0.4 is 5.73 Å². The zero-order chi connectivity index (χ0) is 9.84. The van der Waals surface area contributed by atoms with Crippen LogP contribution in [0.15, 0.2) is 0 Å². The van der Waals surface area contributed by atoms with E-state index in [1.165, 1.54) is 0 Å². The van der Waals surface area contributed by atoms with Gasteiger partial charge in [0.05, 0.1) is 5.75 Å². The molecule has 76 valence electrons. The van der Waals surface area contributed by atoms with E-state index in [2.05, 4.69) is 13.8 Å². The molecule has 0 saturated carbocycles. The maximum atomic E-state index is 11.5. The Balaban J connectivity index is 2.45. The number of hydrogen-bond acceptors (Lipinski definition) is 3. The fourth-order valence-electron chi connectivity index (χ4n) is 1.44. The minimum absolute atomic E-state index is 0.267. The van der Waals surface area contributed by atoms with E-state index in [-0.39, 0.29) is 5.91 Å². The predicted octanol–water partition coefficient (Wildman–Crippen LogP) is 0.545. The summed E-state index contributed by atoms with van der Waals surface area (Å²) in [5.41, 5.74) is 5.58. The average molecular weight is 202 g/mol. The molecular formula is C9H18N2OS. The molecule has 1 amide bonds. The van der Waals surface area contributed by atoms with Crippen LogP contribution in [0.4, 0.5) is 0 Å². The van der Waals surface area contributed by atoms with E-state index in [9.17, 15) is 4.79 Å². The molecule has 13 heavy (non-hydrogen) atoms. The zero-order valence-corrected chi connectivity index (χ0v) is 9.14. The van der Waals surface area contributed by atoms with Gasteiger partial charge >= 0.3 is 0 Å². The average Bonchev–Trinajstić information content (AvgIpc) is 2.08. The van der Waals surface area contributed by atoms with Crippen molar-refractivity contribution in [2.24, 2.45) is 11.7 Å². The van der Waals surface area contributed by atoms with E-state index >= 15 is 0 Å². The Bertz CT molecular complexity index is 184. The van der Waals surface area contributed by atoms with Crippen molar-refractivity contribution in [3.05, 3.63) is 0 Å². The van der Waals surface area contributed by atoms with Crippen LogP contribution in [0.2, 0.25) is 0 Å². The van der Waals surface area contributed by atoms with Crippen molar-refractivity contribution in [1.29, 1.82) is 0 Å². The number of rotatable bonds is 3. The number of thioether (sulfide) groups is 1. The van der Waals surface area contributed by atoms with Gasteiger partial charge in [-0.3, -0.25) is 4.79 Å². The maximum Gasteiger partial charge on any atom is 0.232 e. The van der Waals surface area contributed by atoms with Crippen LogP contribution in [0, 0.1) is 5.92 Å². The molecule has 0 aromatic rings. The molecule has 1 heterocycles. The Kier molecular flexibility index (Phi) is 4.06. The first kappa shape index (κ1) is 10.9. The van der Waals surface area contributed by atoms with Gasteiger partial charge in [-0.05, 0) is 5.92 Å². The summed E-state index contributed by atoms with van der Waals surface area (Å²) in [6.45, 7) is 6.64. The summed E-state index contributed by atoms with van der Waals surface area (Å²) in [7, 11) is 0. The summed E-state index contributed by atoms with van der Waals surface area (Å²) >= 11 is 1.69. The van der Waals surface area contributed by atoms with Gasteiger partial charge in [0, 0.05) is 24.9 Å². The van der Waals surface area contributed by atoms with Gasteiger partial charge in [0.15, 0.2) is 0 Å². The molecule has 1 unspecified atom stereocenters. The van der Waals surface area contributed by atoms with Crippen LogP contribution in [0.3, 0.4) is 0 Å². The van der Waals surface area contributed by atoms with Gasteiger partial charge < -0.3 is 10.6 Å². The summed E-state index contributed by atoms with van der Waals surface area (Å²) in [5.74, 6) is 1.42. The van der Waals surface area contributed by atoms with Crippen molar-refractivity contribution < 1.29 is 4.79 Å². The number of carbonyl (C=O) groups is 1. The second-order valence-corrected chi connectivity index (χ2v) is 5.15. The van der Waals surface area contributed by atoms with Gasteiger partial charge in [0.1, 0.15) is 0 Å². The predicted molar refractivity (Wildman–Crippen MR) is 56.7 cm³/mol. The van der Waals surface area contributed by atoms with Gasteiger partial charge in [-0.15, -0.1) is 11.8 Å². The molecule has 3 nitrogen and oxygen atoms in total. The molecule has 0 aliphatic carbocycles. The maximum absolute atomic E-state index is 11.5. The lowest BCUT2D eigenvalue weighted by molar-refractivity contribution is -0.129. The van der Waals surface area contributed by atoms with Crippen molar-refractivity contribution in [2.75, 3.05) is 25.4 Å². The minimum atomic E-state index is 0.267. The Morgan fingerprint density at radius 1 is 1.69 bits per heavy atom. The fourth-order valence-corrected chi connectivity index (χ4v) is 2.42. The molecule has 2 N–H and O–H groups in total. The fraction of sp³-hybridized carbons (Fsp3) is 0.889. The van der Waals surface area contributed by atoms with E-state index in [1.54, 1.807) is 11.8 Å². The molecule has 1 aliphatic heterocycles. The summed E-state index contributed by atoms with van der Waals surface area (Å²) in [6, 6.07) is 0. The van der Waals surface area contributed by atoms with Gasteiger partial charge in [0.2, 0.25) is 5.91 Å². The summed E-state index contributed by atoms with van der Waals surface area (Å²) in [4.78, 5) is 13.4. The Hall–Kier alpha value is -0.220. The smallest absolute Gasteiger partial charge is 0.232 e. The Morgan fingerprint density at radius 2 is 2.38 bits per heavy atom. The Morgan fingerprint density at radius 3 is 2.92 bits per heavy atom. The number of nitrogens with zero attached hydrogens (tertiary/aromatic N) is 1. The molecule has 1 aliphatic rings. The van der Waals surface area contributed by atoms with Crippen LogP contribution in [0.5, 0.6) is 0 Å². The molecule has 1 atom stereocenters. The van der Waals surface area contributed by atoms with E-state index in [4.69, 9.17) is 5.73 Å². The molecule has 0 radical (unpaired) electrons. The van der Waals surface area contributed by atoms with Gasteiger partial charge in [0.25, 0.3) is 0 Å². The quantitative estimate of drug-likeness (QED) is 0.727. The van der Waals surface area contributed by atoms with Crippen LogP contribution >= 0.6 is 11.8 Å². The van der Waals surface area contributed by atoms with Crippen molar-refractivity contribution in [3.63, 3.8) is 0 Å². The molecule has 0 bridgehead atoms. The van der Waals surface area contributed by atoms with Crippen LogP contribution in [-0.2, 0) is 4.79 Å². The topological polar surface area (TPSA) is 46.3 Å². The molecule has 0 aromatic carbocycles. The lowest BCUT2D eigenvalue weighted by Gasteiger charge is -2.32. The molecular weight excluding hydrogens is 184 g/mol. The van der Waals surface area contributed by atoms with E-state index in [1.807, 2.05) is 4.90 Å². The lowest BCUT2D eigenvalue weighted by atomic mass is 10.2. The lowest BCUT2D eigenvalue weighted by Crippen LogP contribution is -2.46. The monoisotopic (exact) mass is 202 g/mol. The first-order valence-corrected chi connectivity index (χ1v) is 5.77. The summed E-state index contributed by atoms with van der Waals surface area (Å²) < 4.78 is 0. The van der Waals surface area contributed by atoms with Crippen LogP contribution in [0.25, 0.3) is 0 Å². The van der Waals surface area contributed by atoms with Gasteiger partial charge in [-0.1, -0.05) is 13.8 Å². The molecule has 1 fully saturated rings. The van der Waals surface area contributed by atoms with E-state index in [0.29, 0.717) is 23.5 Å². The molecule has 1 saturated heterocycles. The number of amides is 1. The normalized spacial score (nSPS) is 24.2. The first-order valence-electron chi connectivity index (χ1n) is 4.73. The highest BCUT2D eigenvalue weighted by Crippen LogP contribution is 2.19. The van der Waals surface area contributed by atoms with Crippen molar-refractivity contribution in [3.8, 4) is 0 Å². The number of hydrogen-bond donors (Lipinski definition) is 1. The van der Waals surface area contributed by atoms with Crippen LogP contribution in [0.1, 0.15) is 13.8 Å². The summed E-state index contributed by atoms with van der Waals surface area (Å²) in [6.07, 6.45) is 0. The van der Waals surface area contributed by atoms with Gasteiger partial charge in [-0.25, -0.2) is 0 Å². The second-order valence-electron chi connectivity index (χ2n) is 3.86. The van der Waals surface area contributed by atoms with Crippen molar-refractivity contribution in [2.45, 2.75) is 19.1 Å². The van der Waals surface area contributed by atoms with Crippen molar-refractivity contribution in [1.82, 2.24) is 4.90 Å². The first-order chi connectivity index (χ1) is 6.13. The molecule has 4 heteroatoms. The number of nitrogens with two attached hydrogens (primary N) is 1. The SMILES string of the molecule is CC(C)CN1CC(CN)SCC1=O. The van der Waals surface area contributed by atoms with Crippen LogP contribution in [-0.4, -0.2) is 41.4 Å². The largest absolute Gasteiger partial charge is 0.341 e. The van der Waals surface area contributed by atoms with Crippen molar-refractivity contribution >= 4 is 17.7 Å². The highest BCUT2D eigenvalue weighted by molar-refractivity contribution is 8.00. The van der Waals surface area contributed by atoms with Gasteiger partial charge in [-0.2, -0.15) is 0 Å². The second kappa shape index (κ2) is 4.86. The van der Waals surface area contributed by atoms with E-state index < -0.39 is 0 Å². The third-order valence-electron chi connectivity index (χ3n) is 2.07. The molecule has 1 rings (SSSR count). The van der Waals surface area contributed by atoms with E-state index in [0.717, 1.165) is 13.1 Å². The third kappa shape index (κ3) is 3.19. The third-order valence-corrected chi connectivity index (χ3v) is 3.29. The highest BCUT2D eigenvalue weighted by atomic mass is 32.2. The minimum Gasteiger partial charge on any atom is -0.341 e. The highest BCUT2D eigenvalue weighted by Gasteiger charge is 2.25. The standard InChI is InChI=1S/C9H18N2OS/c1-7(2)4-11-5-8(3-10)13-6-9(11)12/h7-8H,3-6,10H2,1-2H3.